The standard InChI is InChI=1S/C9H21NSi.2CH3.Sn/c1-8(2,3)11(7,10)9(4,5)6;;;/h1-7H3;2*1H3;. The molecule has 0 aliphatic heterocycles. The van der Waals surface area contributed by atoms with Gasteiger partial charge in [-0.2, -0.15) is 0 Å². The molecule has 0 bridgehead atoms. The normalized spacial score (nSPS) is 14.1. The van der Waals surface area contributed by atoms with E-state index in [2.05, 4.69) is 58.0 Å². The molecule has 0 N–H and O–H groups in total. The molecule has 0 spiro atoms. The molecular weight excluding hydrogens is 293 g/mol. The summed E-state index contributed by atoms with van der Waals surface area (Å²) in [6.45, 7) is 16.7. The summed E-state index contributed by atoms with van der Waals surface area (Å²) < 4.78 is 5.29. The van der Waals surface area contributed by atoms with Crippen molar-refractivity contribution in [1.82, 2.24) is 0 Å². The van der Waals surface area contributed by atoms with E-state index in [0.717, 1.165) is 0 Å². The Morgan fingerprint density at radius 3 is 1.21 bits per heavy atom. The molecule has 0 amide bonds. The van der Waals surface area contributed by atoms with Gasteiger partial charge in [0.05, 0.1) is 0 Å². The Kier molecular flexibility index (Phi) is 4.61. The minimum absolute atomic E-state index is 0.392. The number of hydrogen-bond donors (Lipinski definition) is 0. The Morgan fingerprint density at radius 2 is 1.14 bits per heavy atom. The average molecular weight is 320 g/mol. The second-order valence-corrected chi connectivity index (χ2v) is 19.3. The maximum atomic E-state index is 5.29. The molecule has 0 unspecified atom stereocenters. The van der Waals surface area contributed by atoms with Crippen molar-refractivity contribution >= 4 is 27.8 Å². The van der Waals surface area contributed by atoms with Crippen molar-refractivity contribution in [3.8, 4) is 0 Å². The molecule has 0 heterocycles. The van der Waals surface area contributed by atoms with Crippen LogP contribution in [0.4, 0.5) is 0 Å². The molecule has 0 aromatic heterocycles. The molecule has 3 heteroatoms. The van der Waals surface area contributed by atoms with Crippen LogP contribution < -0.4 is 0 Å². The second kappa shape index (κ2) is 4.36. The molecular formula is C11H27NSiSn. The summed E-state index contributed by atoms with van der Waals surface area (Å²) in [5.74, 6) is 0. The third-order valence-electron chi connectivity index (χ3n) is 3.37. The van der Waals surface area contributed by atoms with E-state index in [4.69, 9.17) is 2.82 Å². The predicted molar refractivity (Wildman–Crippen MR) is 71.0 cm³/mol. The van der Waals surface area contributed by atoms with Gasteiger partial charge < -0.3 is 0 Å². The average Bonchev–Trinajstić information content (AvgIpc) is 1.79. The van der Waals surface area contributed by atoms with Gasteiger partial charge in [-0.1, -0.05) is 0 Å². The molecule has 0 atom stereocenters. The second-order valence-electron chi connectivity index (χ2n) is 6.63. The predicted octanol–water partition coefficient (Wildman–Crippen LogP) is 4.68. The summed E-state index contributed by atoms with van der Waals surface area (Å²) in [6, 6.07) is 0. The van der Waals surface area contributed by atoms with Crippen molar-refractivity contribution in [3.63, 3.8) is 0 Å². The first-order valence-corrected chi connectivity index (χ1v) is 14.9. The van der Waals surface area contributed by atoms with E-state index in [9.17, 15) is 0 Å². The van der Waals surface area contributed by atoms with Crippen LogP contribution in [0.5, 0.6) is 0 Å². The van der Waals surface area contributed by atoms with E-state index in [0.29, 0.717) is 10.1 Å². The van der Waals surface area contributed by atoms with Gasteiger partial charge in [-0.25, -0.2) is 0 Å². The number of nitrogens with zero attached hydrogens (tertiary/aromatic N) is 1. The quantitative estimate of drug-likeness (QED) is 0.622. The summed E-state index contributed by atoms with van der Waals surface area (Å²) >= 11 is -1.34. The molecule has 0 aromatic carbocycles. The SMILES string of the molecule is [CH3][Sn]([CH3])=[N][Si](C)(C(C)(C)C)C(C)(C)C. The Morgan fingerprint density at radius 1 is 0.857 bits per heavy atom. The van der Waals surface area contributed by atoms with Crippen LogP contribution in [-0.4, -0.2) is 27.8 Å². The summed E-state index contributed by atoms with van der Waals surface area (Å²) in [7, 11) is -1.50. The van der Waals surface area contributed by atoms with Crippen molar-refractivity contribution in [1.29, 1.82) is 0 Å². The van der Waals surface area contributed by atoms with Crippen LogP contribution in [-0.2, 0) is 0 Å². The fourth-order valence-electron chi connectivity index (χ4n) is 1.91. The van der Waals surface area contributed by atoms with Crippen LogP contribution in [0.1, 0.15) is 41.5 Å². The van der Waals surface area contributed by atoms with Crippen LogP contribution in [0, 0.1) is 0 Å². The minimum atomic E-state index is -1.50. The van der Waals surface area contributed by atoms with Crippen molar-refractivity contribution in [2.75, 3.05) is 0 Å². The van der Waals surface area contributed by atoms with Gasteiger partial charge in [-0.15, -0.1) is 0 Å². The molecule has 1 nitrogen and oxygen atoms in total. The van der Waals surface area contributed by atoms with Gasteiger partial charge in [0, 0.05) is 0 Å². The van der Waals surface area contributed by atoms with Crippen LogP contribution in [0.25, 0.3) is 0 Å². The number of rotatable bonds is 1. The molecule has 0 rings (SSSR count). The zero-order chi connectivity index (χ0) is 11.8. The van der Waals surface area contributed by atoms with E-state index in [1.54, 1.807) is 0 Å². The monoisotopic (exact) mass is 321 g/mol. The summed E-state index contributed by atoms with van der Waals surface area (Å²) in [4.78, 5) is 4.79. The Balaban J connectivity index is 5.41. The van der Waals surface area contributed by atoms with Crippen LogP contribution >= 0.6 is 0 Å². The van der Waals surface area contributed by atoms with Gasteiger partial charge in [0.25, 0.3) is 0 Å². The molecule has 0 saturated heterocycles. The van der Waals surface area contributed by atoms with Crippen molar-refractivity contribution in [2.24, 2.45) is 2.82 Å². The molecule has 0 radical (unpaired) electrons. The van der Waals surface area contributed by atoms with Gasteiger partial charge in [-0.3, -0.25) is 0 Å². The van der Waals surface area contributed by atoms with Crippen molar-refractivity contribution in [2.45, 2.75) is 68.0 Å². The topological polar surface area (TPSA) is 12.4 Å². The van der Waals surface area contributed by atoms with Crippen LogP contribution in [0.2, 0.25) is 26.5 Å². The van der Waals surface area contributed by atoms with Crippen molar-refractivity contribution in [3.05, 3.63) is 0 Å². The summed E-state index contributed by atoms with van der Waals surface area (Å²) in [5, 5.41) is 0.784. The molecule has 0 fully saturated rings. The Bertz CT molecular complexity index is 215. The maximum absolute atomic E-state index is 5.29. The van der Waals surface area contributed by atoms with E-state index in [1.807, 2.05) is 0 Å². The molecule has 84 valence electrons. The Labute approximate surface area is 98.4 Å². The molecule has 14 heavy (non-hydrogen) atoms. The summed E-state index contributed by atoms with van der Waals surface area (Å²) in [6.07, 6.45) is 0. The van der Waals surface area contributed by atoms with Crippen molar-refractivity contribution < 1.29 is 0 Å². The molecule has 0 aromatic rings. The first-order chi connectivity index (χ1) is 5.92. The third-order valence-corrected chi connectivity index (χ3v) is 17.8. The zero-order valence-electron chi connectivity index (χ0n) is 11.4. The van der Waals surface area contributed by atoms with Gasteiger partial charge in [0.2, 0.25) is 0 Å². The van der Waals surface area contributed by atoms with Gasteiger partial charge >= 0.3 is 98.7 Å². The van der Waals surface area contributed by atoms with Gasteiger partial charge in [0.15, 0.2) is 0 Å². The van der Waals surface area contributed by atoms with Gasteiger partial charge in [0.1, 0.15) is 0 Å². The summed E-state index contributed by atoms with van der Waals surface area (Å²) in [5.41, 5.74) is 0. The molecule has 0 aliphatic rings. The fourth-order valence-corrected chi connectivity index (χ4v) is 19.1. The van der Waals surface area contributed by atoms with E-state index in [1.165, 1.54) is 0 Å². The van der Waals surface area contributed by atoms with Crippen LogP contribution in [0.3, 0.4) is 0 Å². The van der Waals surface area contributed by atoms with Crippen LogP contribution in [0.15, 0.2) is 2.82 Å². The van der Waals surface area contributed by atoms with Gasteiger partial charge in [-0.05, 0) is 0 Å². The first kappa shape index (κ1) is 14.8. The molecule has 0 saturated carbocycles. The zero-order valence-corrected chi connectivity index (χ0v) is 15.3. The third kappa shape index (κ3) is 3.15. The van der Waals surface area contributed by atoms with E-state index in [-0.39, 0.29) is 0 Å². The number of hydrogen-bond acceptors (Lipinski definition) is 1. The first-order valence-electron chi connectivity index (χ1n) is 5.45. The van der Waals surface area contributed by atoms with E-state index >= 15 is 0 Å². The van der Waals surface area contributed by atoms with E-state index < -0.39 is 27.8 Å². The molecule has 0 aliphatic carbocycles. The fraction of sp³-hybridized carbons (Fsp3) is 1.00. The Hall–Kier alpha value is 0.816.